The van der Waals surface area contributed by atoms with Gasteiger partial charge in [-0.15, -0.1) is 0 Å². The van der Waals surface area contributed by atoms with Gasteiger partial charge in [0, 0.05) is 29.1 Å². The topological polar surface area (TPSA) is 62.6 Å². The molecular weight excluding hydrogens is 376 g/mol. The SMILES string of the molecule is Cc1ccc2c(CN(C)CC(=O)Nc3cccc4ccccc34)cc(=O)oc2c1C. The van der Waals surface area contributed by atoms with E-state index in [0.29, 0.717) is 12.1 Å². The van der Waals surface area contributed by atoms with Crippen LogP contribution in [0.4, 0.5) is 5.69 Å². The van der Waals surface area contributed by atoms with Gasteiger partial charge in [0.05, 0.1) is 6.54 Å². The third-order valence-corrected chi connectivity index (χ3v) is 5.43. The molecule has 1 amide bonds. The summed E-state index contributed by atoms with van der Waals surface area (Å²) in [5.41, 5.74) is 3.92. The number of amides is 1. The van der Waals surface area contributed by atoms with Crippen molar-refractivity contribution < 1.29 is 9.21 Å². The first kappa shape index (κ1) is 19.9. The van der Waals surface area contributed by atoms with E-state index in [-0.39, 0.29) is 18.1 Å². The van der Waals surface area contributed by atoms with E-state index >= 15 is 0 Å². The minimum Gasteiger partial charge on any atom is -0.422 e. The highest BCUT2D eigenvalue weighted by molar-refractivity contribution is 6.02. The summed E-state index contributed by atoms with van der Waals surface area (Å²) in [6.45, 7) is 4.61. The number of rotatable bonds is 5. The fourth-order valence-electron chi connectivity index (χ4n) is 3.77. The van der Waals surface area contributed by atoms with E-state index in [1.165, 1.54) is 6.07 Å². The van der Waals surface area contributed by atoms with Crippen LogP contribution in [0, 0.1) is 13.8 Å². The molecule has 0 aliphatic heterocycles. The molecule has 3 aromatic carbocycles. The van der Waals surface area contributed by atoms with Gasteiger partial charge in [-0.3, -0.25) is 9.69 Å². The van der Waals surface area contributed by atoms with Crippen LogP contribution < -0.4 is 10.9 Å². The summed E-state index contributed by atoms with van der Waals surface area (Å²) >= 11 is 0. The van der Waals surface area contributed by atoms with Crippen molar-refractivity contribution in [3.05, 3.63) is 87.8 Å². The molecule has 0 atom stereocenters. The summed E-state index contributed by atoms with van der Waals surface area (Å²) in [6, 6.07) is 19.3. The molecule has 4 rings (SSSR count). The number of benzene rings is 3. The van der Waals surface area contributed by atoms with Crippen LogP contribution in [0.3, 0.4) is 0 Å². The summed E-state index contributed by atoms with van der Waals surface area (Å²) in [6.07, 6.45) is 0. The highest BCUT2D eigenvalue weighted by Crippen LogP contribution is 2.25. The van der Waals surface area contributed by atoms with E-state index < -0.39 is 0 Å². The molecule has 1 heterocycles. The Morgan fingerprint density at radius 2 is 1.77 bits per heavy atom. The zero-order chi connectivity index (χ0) is 21.3. The van der Waals surface area contributed by atoms with Crippen molar-refractivity contribution in [2.45, 2.75) is 20.4 Å². The monoisotopic (exact) mass is 400 g/mol. The minimum atomic E-state index is -0.375. The van der Waals surface area contributed by atoms with Gasteiger partial charge in [0.2, 0.25) is 5.91 Å². The van der Waals surface area contributed by atoms with E-state index in [2.05, 4.69) is 5.32 Å². The Kier molecular flexibility index (Phi) is 5.38. The Bertz CT molecular complexity index is 1300. The van der Waals surface area contributed by atoms with E-state index in [0.717, 1.165) is 38.5 Å². The molecule has 4 aromatic rings. The van der Waals surface area contributed by atoms with Crippen molar-refractivity contribution in [2.24, 2.45) is 0 Å². The summed E-state index contributed by atoms with van der Waals surface area (Å²) in [4.78, 5) is 26.6. The average molecular weight is 400 g/mol. The summed E-state index contributed by atoms with van der Waals surface area (Å²) < 4.78 is 5.44. The van der Waals surface area contributed by atoms with Crippen LogP contribution in [0.15, 0.2) is 69.9 Å². The van der Waals surface area contributed by atoms with Crippen molar-refractivity contribution in [2.75, 3.05) is 18.9 Å². The number of hydrogen-bond donors (Lipinski definition) is 1. The third kappa shape index (κ3) is 3.98. The Labute approximate surface area is 174 Å². The van der Waals surface area contributed by atoms with Crippen LogP contribution in [-0.2, 0) is 11.3 Å². The second-order valence-corrected chi connectivity index (χ2v) is 7.72. The lowest BCUT2D eigenvalue weighted by molar-refractivity contribution is -0.117. The van der Waals surface area contributed by atoms with Crippen LogP contribution in [0.2, 0.25) is 0 Å². The van der Waals surface area contributed by atoms with Gasteiger partial charge in [0.25, 0.3) is 0 Å². The second-order valence-electron chi connectivity index (χ2n) is 7.72. The molecule has 1 aromatic heterocycles. The van der Waals surface area contributed by atoms with Crippen molar-refractivity contribution in [3.8, 4) is 0 Å². The summed E-state index contributed by atoms with van der Waals surface area (Å²) in [5.74, 6) is -0.104. The lowest BCUT2D eigenvalue weighted by Gasteiger charge is -2.18. The number of carbonyl (C=O) groups excluding carboxylic acids is 1. The highest BCUT2D eigenvalue weighted by Gasteiger charge is 2.14. The molecule has 0 aliphatic carbocycles. The molecule has 0 fully saturated rings. The fourth-order valence-corrected chi connectivity index (χ4v) is 3.77. The zero-order valence-corrected chi connectivity index (χ0v) is 17.4. The molecule has 0 radical (unpaired) electrons. The number of anilines is 1. The number of fused-ring (bicyclic) bond motifs is 2. The molecule has 5 nitrogen and oxygen atoms in total. The van der Waals surface area contributed by atoms with Crippen LogP contribution >= 0.6 is 0 Å². The predicted molar refractivity (Wildman–Crippen MR) is 121 cm³/mol. The van der Waals surface area contributed by atoms with Gasteiger partial charge in [0.1, 0.15) is 5.58 Å². The summed E-state index contributed by atoms with van der Waals surface area (Å²) in [7, 11) is 1.87. The number of nitrogens with one attached hydrogen (secondary N) is 1. The standard InChI is InChI=1S/C25H24N2O3/c1-16-11-12-21-19(13-24(29)30-25(21)17(16)2)14-27(3)15-23(28)26-22-10-6-8-18-7-4-5-9-20(18)22/h4-13H,14-15H2,1-3H3,(H,26,28). The Morgan fingerprint density at radius 1 is 1.00 bits per heavy atom. The van der Waals surface area contributed by atoms with E-state index in [4.69, 9.17) is 4.42 Å². The lowest BCUT2D eigenvalue weighted by atomic mass is 10.0. The maximum atomic E-state index is 12.7. The Balaban J connectivity index is 1.52. The molecule has 0 unspecified atom stereocenters. The first-order valence-corrected chi connectivity index (χ1v) is 9.91. The maximum Gasteiger partial charge on any atom is 0.336 e. The molecule has 1 N–H and O–H groups in total. The van der Waals surface area contributed by atoms with Gasteiger partial charge < -0.3 is 9.73 Å². The van der Waals surface area contributed by atoms with Gasteiger partial charge in [-0.2, -0.15) is 0 Å². The van der Waals surface area contributed by atoms with Gasteiger partial charge in [-0.05, 0) is 49.0 Å². The largest absolute Gasteiger partial charge is 0.422 e. The van der Waals surface area contributed by atoms with Gasteiger partial charge >= 0.3 is 5.63 Å². The number of hydrogen-bond acceptors (Lipinski definition) is 4. The number of nitrogens with zero attached hydrogens (tertiary/aromatic N) is 1. The van der Waals surface area contributed by atoms with Crippen LogP contribution in [0.5, 0.6) is 0 Å². The molecule has 0 saturated carbocycles. The van der Waals surface area contributed by atoms with Crippen molar-refractivity contribution in [1.82, 2.24) is 4.90 Å². The molecule has 0 aliphatic rings. The average Bonchev–Trinajstić information content (AvgIpc) is 2.71. The van der Waals surface area contributed by atoms with Crippen molar-refractivity contribution in [3.63, 3.8) is 0 Å². The van der Waals surface area contributed by atoms with E-state index in [1.54, 1.807) is 0 Å². The molecule has 30 heavy (non-hydrogen) atoms. The number of aryl methyl sites for hydroxylation is 2. The van der Waals surface area contributed by atoms with Gasteiger partial charge in [0.15, 0.2) is 0 Å². The van der Waals surface area contributed by atoms with Crippen LogP contribution in [-0.4, -0.2) is 24.4 Å². The van der Waals surface area contributed by atoms with Gasteiger partial charge in [-0.25, -0.2) is 4.79 Å². The summed E-state index contributed by atoms with van der Waals surface area (Å²) in [5, 5.41) is 6.00. The first-order valence-electron chi connectivity index (χ1n) is 9.91. The number of likely N-dealkylation sites (N-methyl/N-ethyl adjacent to an activating group) is 1. The highest BCUT2D eigenvalue weighted by atomic mass is 16.4. The van der Waals surface area contributed by atoms with Crippen molar-refractivity contribution in [1.29, 1.82) is 0 Å². The second kappa shape index (κ2) is 8.13. The molecule has 152 valence electrons. The zero-order valence-electron chi connectivity index (χ0n) is 17.4. The third-order valence-electron chi connectivity index (χ3n) is 5.43. The van der Waals surface area contributed by atoms with E-state index in [1.807, 2.05) is 80.4 Å². The molecular formula is C25H24N2O3. The van der Waals surface area contributed by atoms with Crippen LogP contribution in [0.25, 0.3) is 21.7 Å². The first-order chi connectivity index (χ1) is 14.4. The van der Waals surface area contributed by atoms with Crippen molar-refractivity contribution >= 4 is 33.3 Å². The maximum absolute atomic E-state index is 12.7. The Morgan fingerprint density at radius 3 is 2.60 bits per heavy atom. The smallest absolute Gasteiger partial charge is 0.336 e. The number of carbonyl (C=O) groups is 1. The molecule has 0 bridgehead atoms. The normalized spacial score (nSPS) is 11.3. The molecule has 5 heteroatoms. The minimum absolute atomic E-state index is 0.104. The predicted octanol–water partition coefficient (Wildman–Crippen LogP) is 4.63. The Hall–Kier alpha value is -3.44. The molecule has 0 spiro atoms. The van der Waals surface area contributed by atoms with Gasteiger partial charge in [-0.1, -0.05) is 48.5 Å². The van der Waals surface area contributed by atoms with Crippen LogP contribution in [0.1, 0.15) is 16.7 Å². The lowest BCUT2D eigenvalue weighted by Crippen LogP contribution is -2.30. The van der Waals surface area contributed by atoms with E-state index in [9.17, 15) is 9.59 Å². The quantitative estimate of drug-likeness (QED) is 0.496. The fraction of sp³-hybridized carbons (Fsp3) is 0.200. The molecule has 0 saturated heterocycles.